The molecule has 1 heterocycles. The number of benzene rings is 2. The summed E-state index contributed by atoms with van der Waals surface area (Å²) >= 11 is 0. The van der Waals surface area contributed by atoms with Crippen LogP contribution < -0.4 is 14.9 Å². The molecule has 3 rings (SSSR count). The molecule has 144 valence electrons. The lowest BCUT2D eigenvalue weighted by Gasteiger charge is -2.13. The normalized spacial score (nSPS) is 12.1. The summed E-state index contributed by atoms with van der Waals surface area (Å²) in [5, 5.41) is 13.7. The second-order valence-corrected chi connectivity index (χ2v) is 5.86. The summed E-state index contributed by atoms with van der Waals surface area (Å²) in [5.41, 5.74) is 3.64. The molecule has 28 heavy (non-hydrogen) atoms. The van der Waals surface area contributed by atoms with Gasteiger partial charge in [-0.05, 0) is 42.8 Å². The molecule has 2 aromatic carbocycles. The first-order valence-electron chi connectivity index (χ1n) is 8.37. The molecule has 0 saturated carbocycles. The molecule has 0 aliphatic heterocycles. The number of carbonyl (C=O) groups excluding carboxylic acids is 1. The Morgan fingerprint density at radius 1 is 1.18 bits per heavy atom. The standard InChI is InChI=1S/C20H18N2O6/c1-12(20(24)25)27-16-8-7-13(9-17(16)26-2)11-21-22-19(23)18-10-14-5-3-4-6-15(14)28-18/h3-12H,1-2H3,(H,22,23)(H,24,25)/b21-11+/t12-/m0/s1. The van der Waals surface area contributed by atoms with E-state index in [-0.39, 0.29) is 5.76 Å². The molecule has 0 fully saturated rings. The largest absolute Gasteiger partial charge is 0.493 e. The average molecular weight is 382 g/mol. The number of hydrazone groups is 1. The van der Waals surface area contributed by atoms with Crippen LogP contribution in [-0.2, 0) is 4.79 Å². The van der Waals surface area contributed by atoms with Gasteiger partial charge in [0.05, 0.1) is 13.3 Å². The number of aliphatic carboxylic acids is 1. The molecule has 1 aromatic heterocycles. The summed E-state index contributed by atoms with van der Waals surface area (Å²) in [6.07, 6.45) is 0.407. The van der Waals surface area contributed by atoms with Gasteiger partial charge in [-0.15, -0.1) is 0 Å². The van der Waals surface area contributed by atoms with Crippen molar-refractivity contribution in [3.63, 3.8) is 0 Å². The first-order valence-corrected chi connectivity index (χ1v) is 8.37. The SMILES string of the molecule is COc1cc(/C=N/NC(=O)c2cc3ccccc3o2)ccc1O[C@@H](C)C(=O)O. The molecule has 0 spiro atoms. The van der Waals surface area contributed by atoms with Crippen molar-refractivity contribution in [1.29, 1.82) is 0 Å². The highest BCUT2D eigenvalue weighted by Gasteiger charge is 2.15. The number of hydrogen-bond donors (Lipinski definition) is 2. The molecular weight excluding hydrogens is 364 g/mol. The molecule has 0 bridgehead atoms. The van der Waals surface area contributed by atoms with Crippen LogP contribution in [0.4, 0.5) is 0 Å². The van der Waals surface area contributed by atoms with Crippen LogP contribution >= 0.6 is 0 Å². The van der Waals surface area contributed by atoms with Gasteiger partial charge in [-0.3, -0.25) is 4.79 Å². The second-order valence-electron chi connectivity index (χ2n) is 5.86. The first kappa shape index (κ1) is 19.0. The Bertz CT molecular complexity index is 1010. The van der Waals surface area contributed by atoms with Gasteiger partial charge in [0, 0.05) is 5.39 Å². The molecule has 1 amide bonds. The Kier molecular flexibility index (Phi) is 5.59. The van der Waals surface area contributed by atoms with Gasteiger partial charge < -0.3 is 19.0 Å². The van der Waals surface area contributed by atoms with Gasteiger partial charge >= 0.3 is 11.9 Å². The number of nitrogens with one attached hydrogen (secondary N) is 1. The minimum absolute atomic E-state index is 0.155. The van der Waals surface area contributed by atoms with E-state index < -0.39 is 18.0 Å². The van der Waals surface area contributed by atoms with Crippen LogP contribution in [0.3, 0.4) is 0 Å². The number of para-hydroxylation sites is 1. The maximum atomic E-state index is 12.1. The van der Waals surface area contributed by atoms with E-state index in [0.29, 0.717) is 22.6 Å². The number of ether oxygens (including phenoxy) is 2. The fourth-order valence-corrected chi connectivity index (χ4v) is 2.42. The van der Waals surface area contributed by atoms with Gasteiger partial charge in [-0.2, -0.15) is 5.10 Å². The van der Waals surface area contributed by atoms with Crippen LogP contribution in [0.2, 0.25) is 0 Å². The maximum absolute atomic E-state index is 12.1. The topological polar surface area (TPSA) is 110 Å². The molecule has 2 N–H and O–H groups in total. The highest BCUT2D eigenvalue weighted by molar-refractivity contribution is 5.96. The number of carboxylic acid groups (broad SMARTS) is 1. The average Bonchev–Trinajstić information content (AvgIpc) is 3.13. The summed E-state index contributed by atoms with van der Waals surface area (Å²) in [7, 11) is 1.44. The molecule has 0 aliphatic carbocycles. The van der Waals surface area contributed by atoms with Gasteiger partial charge in [0.1, 0.15) is 5.58 Å². The van der Waals surface area contributed by atoms with Crippen molar-refractivity contribution in [3.05, 3.63) is 59.9 Å². The first-order chi connectivity index (χ1) is 13.5. The lowest BCUT2D eigenvalue weighted by molar-refractivity contribution is -0.144. The highest BCUT2D eigenvalue weighted by Crippen LogP contribution is 2.28. The lowest BCUT2D eigenvalue weighted by Crippen LogP contribution is -2.23. The van der Waals surface area contributed by atoms with Crippen LogP contribution in [0.5, 0.6) is 11.5 Å². The minimum Gasteiger partial charge on any atom is -0.493 e. The van der Waals surface area contributed by atoms with Crippen molar-refractivity contribution in [2.75, 3.05) is 7.11 Å². The Morgan fingerprint density at radius 3 is 2.68 bits per heavy atom. The summed E-state index contributed by atoms with van der Waals surface area (Å²) in [6.45, 7) is 1.42. The predicted octanol–water partition coefficient (Wildman–Crippen LogP) is 3.06. The number of amides is 1. The third kappa shape index (κ3) is 4.29. The lowest BCUT2D eigenvalue weighted by atomic mass is 10.2. The Morgan fingerprint density at radius 2 is 1.96 bits per heavy atom. The van der Waals surface area contributed by atoms with Crippen molar-refractivity contribution in [1.82, 2.24) is 5.43 Å². The zero-order valence-corrected chi connectivity index (χ0v) is 15.2. The van der Waals surface area contributed by atoms with E-state index in [4.69, 9.17) is 19.0 Å². The van der Waals surface area contributed by atoms with Crippen molar-refractivity contribution in [2.45, 2.75) is 13.0 Å². The Balaban J connectivity index is 1.68. The van der Waals surface area contributed by atoms with Gasteiger partial charge in [0.2, 0.25) is 0 Å². The highest BCUT2D eigenvalue weighted by atomic mass is 16.5. The number of methoxy groups -OCH3 is 1. The molecule has 0 unspecified atom stereocenters. The molecule has 0 saturated heterocycles. The predicted molar refractivity (Wildman–Crippen MR) is 102 cm³/mol. The zero-order valence-electron chi connectivity index (χ0n) is 15.2. The number of carbonyl (C=O) groups is 2. The van der Waals surface area contributed by atoms with Crippen LogP contribution in [0.1, 0.15) is 23.0 Å². The number of nitrogens with zero attached hydrogens (tertiary/aromatic N) is 1. The van der Waals surface area contributed by atoms with Crippen molar-refractivity contribution < 1.29 is 28.6 Å². The van der Waals surface area contributed by atoms with Crippen LogP contribution in [0.15, 0.2) is 58.0 Å². The quantitative estimate of drug-likeness (QED) is 0.480. The van der Waals surface area contributed by atoms with E-state index in [1.807, 2.05) is 18.2 Å². The third-order valence-electron chi connectivity index (χ3n) is 3.87. The Labute approximate surface area is 160 Å². The summed E-state index contributed by atoms with van der Waals surface area (Å²) < 4.78 is 16.0. The maximum Gasteiger partial charge on any atom is 0.344 e. The smallest absolute Gasteiger partial charge is 0.344 e. The fraction of sp³-hybridized carbons (Fsp3) is 0.150. The molecule has 8 heteroatoms. The second kappa shape index (κ2) is 8.26. The number of carboxylic acids is 1. The van der Waals surface area contributed by atoms with E-state index >= 15 is 0 Å². The fourth-order valence-electron chi connectivity index (χ4n) is 2.42. The van der Waals surface area contributed by atoms with Gasteiger partial charge in [0.25, 0.3) is 0 Å². The van der Waals surface area contributed by atoms with Crippen molar-refractivity contribution in [2.24, 2.45) is 5.10 Å². The molecule has 8 nitrogen and oxygen atoms in total. The zero-order chi connectivity index (χ0) is 20.1. The van der Waals surface area contributed by atoms with Crippen LogP contribution in [0.25, 0.3) is 11.0 Å². The number of rotatable bonds is 7. The van der Waals surface area contributed by atoms with E-state index in [9.17, 15) is 9.59 Å². The van der Waals surface area contributed by atoms with E-state index in [0.717, 1.165) is 5.39 Å². The van der Waals surface area contributed by atoms with Gasteiger partial charge in [0.15, 0.2) is 23.4 Å². The van der Waals surface area contributed by atoms with E-state index in [1.165, 1.54) is 20.2 Å². The van der Waals surface area contributed by atoms with E-state index in [1.54, 1.807) is 30.3 Å². The van der Waals surface area contributed by atoms with Crippen LogP contribution in [-0.4, -0.2) is 36.4 Å². The summed E-state index contributed by atoms with van der Waals surface area (Å²) in [6, 6.07) is 13.8. The molecular formula is C20H18N2O6. The molecule has 1 atom stereocenters. The van der Waals surface area contributed by atoms with Crippen molar-refractivity contribution >= 4 is 29.1 Å². The molecule has 0 aliphatic rings. The summed E-state index contributed by atoms with van der Waals surface area (Å²) in [5.74, 6) is -0.764. The van der Waals surface area contributed by atoms with Gasteiger partial charge in [-0.25, -0.2) is 10.2 Å². The monoisotopic (exact) mass is 382 g/mol. The summed E-state index contributed by atoms with van der Waals surface area (Å²) in [4.78, 5) is 23.1. The number of furan rings is 1. The van der Waals surface area contributed by atoms with E-state index in [2.05, 4.69) is 10.5 Å². The van der Waals surface area contributed by atoms with Crippen molar-refractivity contribution in [3.8, 4) is 11.5 Å². The molecule has 3 aromatic rings. The van der Waals surface area contributed by atoms with Gasteiger partial charge in [-0.1, -0.05) is 18.2 Å². The Hall–Kier alpha value is -3.81. The number of fused-ring (bicyclic) bond motifs is 1. The van der Waals surface area contributed by atoms with Crippen LogP contribution in [0, 0.1) is 0 Å². The minimum atomic E-state index is -1.08. The number of hydrogen-bond acceptors (Lipinski definition) is 6. The third-order valence-corrected chi connectivity index (χ3v) is 3.87. The molecule has 0 radical (unpaired) electrons.